The molecule has 0 aliphatic heterocycles. The number of nitrogens with zero attached hydrogens (tertiary/aromatic N) is 1. The molecule has 0 atom stereocenters. The first-order valence-corrected chi connectivity index (χ1v) is 2.40. The number of thiol groups is 1. The Kier molecular flexibility index (Phi) is 6.30. The van der Waals surface area contributed by atoms with Crippen LogP contribution in [0.2, 0.25) is 0 Å². The number of nitrogens with two attached hydrogens (primary N) is 1. The molecule has 2 N–H and O–H groups in total. The highest BCUT2D eigenvalue weighted by Gasteiger charge is 1.81. The summed E-state index contributed by atoms with van der Waals surface area (Å²) >= 11 is 0. The minimum atomic E-state index is -2.55. The minimum Gasteiger partial charge on any atom is -0.255 e. The molecule has 0 heterocycles. The molecule has 0 spiro atoms. The topological polar surface area (TPSA) is 63.4 Å². The highest BCUT2D eigenvalue weighted by atomic mass is 35.5. The molecule has 0 aliphatic rings. The summed E-state index contributed by atoms with van der Waals surface area (Å²) < 4.78 is 19.7. The second kappa shape index (κ2) is 4.32. The van der Waals surface area contributed by atoms with Gasteiger partial charge in [0.15, 0.2) is 0 Å². The summed E-state index contributed by atoms with van der Waals surface area (Å²) in [6.07, 6.45) is 0. The molecular weight excluding hydrogens is 140 g/mol. The summed E-state index contributed by atoms with van der Waals surface area (Å²) in [7, 11) is -1.29. The zero-order chi connectivity index (χ0) is 5.15. The Hall–Kier alpha value is 0.160. The molecule has 46 valence electrons. The van der Waals surface area contributed by atoms with Crippen molar-refractivity contribution in [1.82, 2.24) is 4.41 Å². The van der Waals surface area contributed by atoms with Gasteiger partial charge in [-0.15, -0.1) is 16.8 Å². The fourth-order valence-electron chi connectivity index (χ4n) is 0. The number of halogens is 1. The van der Waals surface area contributed by atoms with Gasteiger partial charge >= 0.3 is 0 Å². The zero-order valence-electron chi connectivity index (χ0n) is 3.70. The van der Waals surface area contributed by atoms with E-state index in [0.717, 1.165) is 0 Å². The van der Waals surface area contributed by atoms with Crippen molar-refractivity contribution >= 4 is 23.3 Å². The van der Waals surface area contributed by atoms with E-state index in [0.29, 0.717) is 4.41 Å². The van der Waals surface area contributed by atoms with Crippen LogP contribution in [-0.4, -0.2) is 19.9 Å². The van der Waals surface area contributed by atoms with E-state index in [4.69, 9.17) is 0 Å². The molecule has 0 aromatic heterocycles. The van der Waals surface area contributed by atoms with Crippen molar-refractivity contribution in [2.45, 2.75) is 0 Å². The quantitative estimate of drug-likeness (QED) is 0.276. The Morgan fingerprint density at radius 1 is 1.57 bits per heavy atom. The number of hydrogen-bond acceptors (Lipinski definition) is 3. The van der Waals surface area contributed by atoms with E-state index in [2.05, 4.69) is 5.84 Å². The van der Waals surface area contributed by atoms with Gasteiger partial charge in [-0.1, -0.05) is 0 Å². The molecule has 6 heteroatoms. The monoisotopic (exact) mass is 146 g/mol. The molecule has 0 fully saturated rings. The van der Waals surface area contributed by atoms with Crippen molar-refractivity contribution in [2.75, 3.05) is 7.05 Å². The molecule has 0 amide bonds. The molecule has 0 saturated carbocycles. The smallest absolute Gasteiger partial charge is 0.216 e. The van der Waals surface area contributed by atoms with E-state index in [1.165, 1.54) is 7.05 Å². The van der Waals surface area contributed by atoms with Gasteiger partial charge in [0.1, 0.15) is 0 Å². The van der Waals surface area contributed by atoms with Gasteiger partial charge in [-0.2, -0.15) is 0 Å². The second-order valence-electron chi connectivity index (χ2n) is 0.812. The van der Waals surface area contributed by atoms with Crippen molar-refractivity contribution in [3.63, 3.8) is 0 Å². The molecule has 7 heavy (non-hydrogen) atoms. The average Bonchev–Trinajstić information content (AvgIpc) is 1.36. The molecule has 0 unspecified atom stereocenters. The Morgan fingerprint density at radius 2 is 1.71 bits per heavy atom. The Morgan fingerprint density at radius 3 is 1.71 bits per heavy atom. The van der Waals surface area contributed by atoms with E-state index in [1.54, 1.807) is 0 Å². The summed E-state index contributed by atoms with van der Waals surface area (Å²) in [6, 6.07) is 0. The lowest BCUT2D eigenvalue weighted by molar-refractivity contribution is 0.508. The van der Waals surface area contributed by atoms with Gasteiger partial charge in [0.05, 0.1) is 0 Å². The summed E-state index contributed by atoms with van der Waals surface area (Å²) in [5.41, 5.74) is 0. The standard InChI is InChI=1S/CH6N2O2S.ClH/c1-3(2)6(4)5;/h6H,2H2,1H3;1H. The first kappa shape index (κ1) is 10.2. The van der Waals surface area contributed by atoms with Crippen LogP contribution in [0, 0.1) is 0 Å². The fraction of sp³-hybridized carbons (Fsp3) is 1.00. The lowest BCUT2D eigenvalue weighted by Gasteiger charge is -1.91. The van der Waals surface area contributed by atoms with E-state index in [1.807, 2.05) is 0 Å². The van der Waals surface area contributed by atoms with Crippen LogP contribution < -0.4 is 5.84 Å². The molecule has 0 radical (unpaired) electrons. The van der Waals surface area contributed by atoms with Crippen LogP contribution in [0.25, 0.3) is 0 Å². The van der Waals surface area contributed by atoms with E-state index < -0.39 is 10.9 Å². The Labute approximate surface area is 49.8 Å². The molecule has 0 rings (SSSR count). The molecule has 0 aliphatic carbocycles. The lowest BCUT2D eigenvalue weighted by atomic mass is 11.5. The summed E-state index contributed by atoms with van der Waals surface area (Å²) in [5.74, 6) is 4.67. The molecule has 0 saturated heterocycles. The van der Waals surface area contributed by atoms with Crippen LogP contribution >= 0.6 is 12.4 Å². The van der Waals surface area contributed by atoms with Gasteiger partial charge in [-0.25, -0.2) is 8.42 Å². The van der Waals surface area contributed by atoms with Gasteiger partial charge in [-0.3, -0.25) is 5.84 Å². The molecule has 0 aromatic carbocycles. The summed E-state index contributed by atoms with van der Waals surface area (Å²) in [4.78, 5) is 0. The van der Waals surface area contributed by atoms with Crippen molar-refractivity contribution in [3.8, 4) is 0 Å². The lowest BCUT2D eigenvalue weighted by Crippen LogP contribution is -2.23. The van der Waals surface area contributed by atoms with E-state index in [9.17, 15) is 8.42 Å². The van der Waals surface area contributed by atoms with Gasteiger partial charge < -0.3 is 0 Å². The summed E-state index contributed by atoms with van der Waals surface area (Å²) in [5, 5.41) is 0. The zero-order valence-corrected chi connectivity index (χ0v) is 5.41. The van der Waals surface area contributed by atoms with Crippen LogP contribution in [-0.2, 0) is 10.9 Å². The maximum atomic E-state index is 9.54. The van der Waals surface area contributed by atoms with Crippen molar-refractivity contribution in [3.05, 3.63) is 0 Å². The fourth-order valence-corrected chi connectivity index (χ4v) is 0. The predicted octanol–water partition coefficient (Wildman–Crippen LogP) is -1.26. The van der Waals surface area contributed by atoms with Crippen molar-refractivity contribution in [2.24, 2.45) is 5.84 Å². The van der Waals surface area contributed by atoms with Crippen molar-refractivity contribution < 1.29 is 8.42 Å². The highest BCUT2D eigenvalue weighted by Crippen LogP contribution is 1.58. The van der Waals surface area contributed by atoms with Crippen LogP contribution in [0.1, 0.15) is 0 Å². The van der Waals surface area contributed by atoms with E-state index in [-0.39, 0.29) is 12.4 Å². The molecule has 0 bridgehead atoms. The Bertz CT molecular complexity index is 91.9. The molecule has 0 aromatic rings. The van der Waals surface area contributed by atoms with Crippen molar-refractivity contribution in [1.29, 1.82) is 0 Å². The minimum absolute atomic E-state index is 0. The van der Waals surface area contributed by atoms with Gasteiger partial charge in [0.25, 0.3) is 0 Å². The average molecular weight is 147 g/mol. The third kappa shape index (κ3) is 6.16. The maximum absolute atomic E-state index is 9.54. The predicted molar refractivity (Wildman–Crippen MR) is 29.5 cm³/mol. The van der Waals surface area contributed by atoms with Gasteiger partial charge in [-0.05, 0) is 0 Å². The van der Waals surface area contributed by atoms with Crippen LogP contribution in [0.3, 0.4) is 0 Å². The first-order chi connectivity index (χ1) is 2.64. The SMILES string of the molecule is CN(N)[SH](=O)=O.Cl. The number of hydrazine groups is 1. The maximum Gasteiger partial charge on any atom is 0.216 e. The third-order valence-electron chi connectivity index (χ3n) is 0.258. The first-order valence-electron chi connectivity index (χ1n) is 1.27. The summed E-state index contributed by atoms with van der Waals surface area (Å²) in [6.45, 7) is 0. The Balaban J connectivity index is 0. The number of rotatable bonds is 1. The largest absolute Gasteiger partial charge is 0.255 e. The van der Waals surface area contributed by atoms with Crippen LogP contribution in [0.5, 0.6) is 0 Å². The van der Waals surface area contributed by atoms with E-state index >= 15 is 0 Å². The second-order valence-corrected chi connectivity index (χ2v) is 1.92. The number of hydrogen-bond donors (Lipinski definition) is 2. The molecular formula is CH7ClN2O2S. The van der Waals surface area contributed by atoms with Crippen LogP contribution in [0.4, 0.5) is 0 Å². The van der Waals surface area contributed by atoms with Crippen LogP contribution in [0.15, 0.2) is 0 Å². The van der Waals surface area contributed by atoms with Gasteiger partial charge in [0, 0.05) is 7.05 Å². The third-order valence-corrected chi connectivity index (χ3v) is 0.773. The molecule has 4 nitrogen and oxygen atoms in total. The van der Waals surface area contributed by atoms with Gasteiger partial charge in [0.2, 0.25) is 10.9 Å². The highest BCUT2D eigenvalue weighted by molar-refractivity contribution is 7.69. The normalized spacial score (nSPS) is 9.14.